The highest BCUT2D eigenvalue weighted by molar-refractivity contribution is 9.10. The first-order valence-electron chi connectivity index (χ1n) is 7.15. The molecule has 1 heterocycles. The smallest absolute Gasteiger partial charge is 0.295 e. The Bertz CT molecular complexity index is 521. The molecule has 0 radical (unpaired) electrons. The second-order valence-corrected chi connectivity index (χ2v) is 6.06. The third-order valence-corrected chi connectivity index (χ3v) is 4.31. The van der Waals surface area contributed by atoms with Crippen LogP contribution in [0, 0.1) is 15.9 Å². The fraction of sp³-hybridized carbons (Fsp3) is 0.571. The van der Waals surface area contributed by atoms with Crippen LogP contribution in [0.1, 0.15) is 26.2 Å². The number of nitrogens with zero attached hydrogens (tertiary/aromatic N) is 2. The van der Waals surface area contributed by atoms with E-state index in [1.54, 1.807) is 0 Å². The molecule has 21 heavy (non-hydrogen) atoms. The predicted molar refractivity (Wildman–Crippen MR) is 84.3 cm³/mol. The third-order valence-electron chi connectivity index (χ3n) is 3.70. The average Bonchev–Trinajstić information content (AvgIpc) is 2.48. The predicted octanol–water partition coefficient (Wildman–Crippen LogP) is 3.46. The number of benzene rings is 1. The zero-order valence-electron chi connectivity index (χ0n) is 11.9. The molecule has 0 saturated carbocycles. The van der Waals surface area contributed by atoms with Gasteiger partial charge in [0.1, 0.15) is 11.5 Å². The Morgan fingerprint density at radius 3 is 2.90 bits per heavy atom. The molecule has 116 valence electrons. The zero-order chi connectivity index (χ0) is 15.4. The second-order valence-electron chi connectivity index (χ2n) is 5.21. The molecule has 0 amide bonds. The van der Waals surface area contributed by atoms with Crippen LogP contribution in [0.3, 0.4) is 0 Å². The van der Waals surface area contributed by atoms with Gasteiger partial charge in [-0.1, -0.05) is 6.92 Å². The third kappa shape index (κ3) is 3.71. The van der Waals surface area contributed by atoms with E-state index in [0.717, 1.165) is 38.4 Å². The molecule has 0 spiro atoms. The lowest BCUT2D eigenvalue weighted by atomic mass is 10.0. The van der Waals surface area contributed by atoms with Gasteiger partial charge in [0.25, 0.3) is 5.69 Å². The van der Waals surface area contributed by atoms with Crippen molar-refractivity contribution >= 4 is 27.3 Å². The van der Waals surface area contributed by atoms with Crippen LogP contribution in [0.25, 0.3) is 0 Å². The van der Waals surface area contributed by atoms with Gasteiger partial charge in [-0.15, -0.1) is 0 Å². The molecule has 0 aromatic heterocycles. The molecule has 0 aliphatic carbocycles. The van der Waals surface area contributed by atoms with Crippen LogP contribution in [0.15, 0.2) is 16.6 Å². The van der Waals surface area contributed by atoms with Crippen molar-refractivity contribution in [1.82, 2.24) is 5.32 Å². The van der Waals surface area contributed by atoms with Crippen LogP contribution in [0.2, 0.25) is 0 Å². The SMILES string of the molecule is CCCN(c1cc(Br)c(F)cc1[N+](=O)[O-])C1CCCNC1. The quantitative estimate of drug-likeness (QED) is 0.645. The number of rotatable bonds is 5. The lowest BCUT2D eigenvalue weighted by Crippen LogP contribution is -2.46. The van der Waals surface area contributed by atoms with Crippen molar-refractivity contribution in [3.63, 3.8) is 0 Å². The van der Waals surface area contributed by atoms with Crippen molar-refractivity contribution in [3.8, 4) is 0 Å². The van der Waals surface area contributed by atoms with Crippen LogP contribution in [-0.2, 0) is 0 Å². The van der Waals surface area contributed by atoms with Crippen LogP contribution in [0.5, 0.6) is 0 Å². The molecule has 1 atom stereocenters. The topological polar surface area (TPSA) is 58.4 Å². The van der Waals surface area contributed by atoms with Gasteiger partial charge in [0.2, 0.25) is 0 Å². The van der Waals surface area contributed by atoms with Crippen molar-refractivity contribution < 1.29 is 9.31 Å². The molecule has 1 saturated heterocycles. The van der Waals surface area contributed by atoms with Crippen LogP contribution < -0.4 is 10.2 Å². The Morgan fingerprint density at radius 2 is 2.33 bits per heavy atom. The highest BCUT2D eigenvalue weighted by Gasteiger charge is 2.28. The minimum absolute atomic E-state index is 0.172. The summed E-state index contributed by atoms with van der Waals surface area (Å²) in [6, 6.07) is 2.73. The molecule has 1 aromatic carbocycles. The Morgan fingerprint density at radius 1 is 1.57 bits per heavy atom. The summed E-state index contributed by atoms with van der Waals surface area (Å²) in [6.07, 6.45) is 2.91. The van der Waals surface area contributed by atoms with Gasteiger partial charge >= 0.3 is 0 Å². The maximum atomic E-state index is 13.6. The molecule has 1 unspecified atom stereocenters. The Hall–Kier alpha value is -1.21. The normalized spacial score (nSPS) is 18.5. The molecule has 1 aliphatic rings. The minimum Gasteiger partial charge on any atom is -0.362 e. The first kappa shape index (κ1) is 16.2. The van der Waals surface area contributed by atoms with Gasteiger partial charge in [0.15, 0.2) is 0 Å². The van der Waals surface area contributed by atoms with Gasteiger partial charge in [-0.05, 0) is 47.8 Å². The Kier molecular flexibility index (Phi) is 5.52. The summed E-state index contributed by atoms with van der Waals surface area (Å²) < 4.78 is 13.9. The fourth-order valence-electron chi connectivity index (χ4n) is 2.74. The second kappa shape index (κ2) is 7.17. The molecule has 7 heteroatoms. The van der Waals surface area contributed by atoms with E-state index < -0.39 is 10.7 Å². The van der Waals surface area contributed by atoms with E-state index in [-0.39, 0.29) is 16.2 Å². The highest BCUT2D eigenvalue weighted by Crippen LogP contribution is 2.35. The van der Waals surface area contributed by atoms with Crippen LogP contribution >= 0.6 is 15.9 Å². The lowest BCUT2D eigenvalue weighted by Gasteiger charge is -2.36. The largest absolute Gasteiger partial charge is 0.362 e. The molecule has 5 nitrogen and oxygen atoms in total. The number of hydrogen-bond donors (Lipinski definition) is 1. The number of nitro groups is 1. The van der Waals surface area contributed by atoms with Crippen molar-refractivity contribution in [2.75, 3.05) is 24.5 Å². The summed E-state index contributed by atoms with van der Waals surface area (Å²) >= 11 is 3.13. The summed E-state index contributed by atoms with van der Waals surface area (Å²) in [5.74, 6) is -0.608. The van der Waals surface area contributed by atoms with Gasteiger partial charge in [-0.2, -0.15) is 0 Å². The summed E-state index contributed by atoms with van der Waals surface area (Å²) in [7, 11) is 0. The zero-order valence-corrected chi connectivity index (χ0v) is 13.5. The maximum absolute atomic E-state index is 13.6. The van der Waals surface area contributed by atoms with E-state index in [1.807, 2.05) is 11.8 Å². The minimum atomic E-state index is -0.608. The molecule has 1 N–H and O–H groups in total. The number of piperidine rings is 1. The Balaban J connectivity index is 2.42. The van der Waals surface area contributed by atoms with Gasteiger partial charge in [-0.25, -0.2) is 4.39 Å². The summed E-state index contributed by atoms with van der Waals surface area (Å²) in [6.45, 7) is 4.52. The number of hydrogen-bond acceptors (Lipinski definition) is 4. The number of nitrogens with one attached hydrogen (secondary N) is 1. The molecule has 1 aromatic rings. The van der Waals surface area contributed by atoms with Crippen molar-refractivity contribution in [2.45, 2.75) is 32.2 Å². The first-order chi connectivity index (χ1) is 10.0. The van der Waals surface area contributed by atoms with Crippen LogP contribution in [-0.4, -0.2) is 30.6 Å². The summed E-state index contributed by atoms with van der Waals surface area (Å²) in [5.41, 5.74) is 0.318. The summed E-state index contributed by atoms with van der Waals surface area (Å²) in [4.78, 5) is 12.8. The van der Waals surface area contributed by atoms with Gasteiger partial charge in [-0.3, -0.25) is 10.1 Å². The van der Waals surface area contributed by atoms with Gasteiger partial charge in [0, 0.05) is 19.1 Å². The molecule has 1 aliphatic heterocycles. The van der Waals surface area contributed by atoms with E-state index in [9.17, 15) is 14.5 Å². The fourth-order valence-corrected chi connectivity index (χ4v) is 3.07. The van der Waals surface area contributed by atoms with Gasteiger partial charge in [0.05, 0.1) is 15.5 Å². The number of nitro benzene ring substituents is 1. The molecule has 1 fully saturated rings. The molecular weight excluding hydrogens is 341 g/mol. The van der Waals surface area contributed by atoms with E-state index in [2.05, 4.69) is 21.2 Å². The van der Waals surface area contributed by atoms with Crippen molar-refractivity contribution in [3.05, 3.63) is 32.5 Å². The number of anilines is 1. The molecule has 2 rings (SSSR count). The lowest BCUT2D eigenvalue weighted by molar-refractivity contribution is -0.384. The number of halogens is 2. The standard InChI is InChI=1S/C14H19BrFN3O2/c1-2-6-18(10-4-3-5-17-9-10)13-7-11(15)12(16)8-14(13)19(20)21/h7-8,10,17H,2-6,9H2,1H3. The average molecular weight is 360 g/mol. The van der Waals surface area contributed by atoms with E-state index in [1.165, 1.54) is 6.07 Å². The van der Waals surface area contributed by atoms with Gasteiger partial charge < -0.3 is 10.2 Å². The first-order valence-corrected chi connectivity index (χ1v) is 7.94. The van der Waals surface area contributed by atoms with E-state index in [0.29, 0.717) is 12.2 Å². The van der Waals surface area contributed by atoms with Crippen molar-refractivity contribution in [1.29, 1.82) is 0 Å². The van der Waals surface area contributed by atoms with Crippen LogP contribution in [0.4, 0.5) is 15.8 Å². The Labute approximate surface area is 131 Å². The molecular formula is C14H19BrFN3O2. The molecule has 0 bridgehead atoms. The highest BCUT2D eigenvalue weighted by atomic mass is 79.9. The van der Waals surface area contributed by atoms with E-state index >= 15 is 0 Å². The monoisotopic (exact) mass is 359 g/mol. The van der Waals surface area contributed by atoms with Crippen molar-refractivity contribution in [2.24, 2.45) is 0 Å². The van der Waals surface area contributed by atoms with E-state index in [4.69, 9.17) is 0 Å². The maximum Gasteiger partial charge on any atom is 0.295 e. The summed E-state index contributed by atoms with van der Waals surface area (Å²) in [5, 5.41) is 14.6.